The highest BCUT2D eigenvalue weighted by molar-refractivity contribution is 4.84. The van der Waals surface area contributed by atoms with Crippen LogP contribution in [-0.4, -0.2) is 45.1 Å². The maximum absolute atomic E-state index is 5.78. The van der Waals surface area contributed by atoms with Gasteiger partial charge in [-0.05, 0) is 6.92 Å². The summed E-state index contributed by atoms with van der Waals surface area (Å²) in [4.78, 5) is 0. The Bertz CT molecular complexity index is 132. The number of methoxy groups -OCH3 is 1. The number of nitrogens with one attached hydrogen (secondary N) is 1. The molecule has 0 spiro atoms. The summed E-state index contributed by atoms with van der Waals surface area (Å²) >= 11 is 0. The monoisotopic (exact) mass is 174 g/mol. The molecule has 1 rings (SSSR count). The quantitative estimate of drug-likeness (QED) is 0.594. The SMILES string of the molecule is COC(C)COC1CNCC1N. The van der Waals surface area contributed by atoms with Gasteiger partial charge in [-0.2, -0.15) is 0 Å². The average molecular weight is 174 g/mol. The minimum Gasteiger partial charge on any atom is -0.379 e. The molecule has 0 saturated carbocycles. The summed E-state index contributed by atoms with van der Waals surface area (Å²) in [6.07, 6.45) is 0.306. The number of hydrogen-bond acceptors (Lipinski definition) is 4. The van der Waals surface area contributed by atoms with Crippen molar-refractivity contribution in [3.8, 4) is 0 Å². The van der Waals surface area contributed by atoms with Gasteiger partial charge in [0, 0.05) is 26.2 Å². The zero-order valence-corrected chi connectivity index (χ0v) is 7.75. The molecule has 1 aliphatic heterocycles. The lowest BCUT2D eigenvalue weighted by Crippen LogP contribution is -2.36. The van der Waals surface area contributed by atoms with Gasteiger partial charge in [-0.1, -0.05) is 0 Å². The van der Waals surface area contributed by atoms with Crippen molar-refractivity contribution >= 4 is 0 Å². The Hall–Kier alpha value is -0.160. The van der Waals surface area contributed by atoms with Crippen LogP contribution in [0.25, 0.3) is 0 Å². The van der Waals surface area contributed by atoms with E-state index in [1.165, 1.54) is 0 Å². The molecule has 1 fully saturated rings. The third-order valence-electron chi connectivity index (χ3n) is 2.15. The standard InChI is InChI=1S/C8H18N2O2/c1-6(11-2)5-12-8-4-10-3-7(8)9/h6-8,10H,3-5,9H2,1-2H3. The van der Waals surface area contributed by atoms with E-state index in [1.807, 2.05) is 6.92 Å². The van der Waals surface area contributed by atoms with Crippen LogP contribution in [0.5, 0.6) is 0 Å². The third-order valence-corrected chi connectivity index (χ3v) is 2.15. The Morgan fingerprint density at radius 2 is 2.33 bits per heavy atom. The molecule has 0 amide bonds. The average Bonchev–Trinajstić information content (AvgIpc) is 2.47. The van der Waals surface area contributed by atoms with E-state index in [4.69, 9.17) is 15.2 Å². The second-order valence-corrected chi connectivity index (χ2v) is 3.24. The van der Waals surface area contributed by atoms with Crippen LogP contribution in [0, 0.1) is 0 Å². The van der Waals surface area contributed by atoms with Crippen LogP contribution in [0.2, 0.25) is 0 Å². The Morgan fingerprint density at radius 3 is 2.83 bits per heavy atom. The van der Waals surface area contributed by atoms with Crippen molar-refractivity contribution in [2.24, 2.45) is 5.73 Å². The van der Waals surface area contributed by atoms with Crippen molar-refractivity contribution in [3.63, 3.8) is 0 Å². The summed E-state index contributed by atoms with van der Waals surface area (Å²) in [7, 11) is 1.68. The largest absolute Gasteiger partial charge is 0.379 e. The highest BCUT2D eigenvalue weighted by Crippen LogP contribution is 2.03. The predicted molar refractivity (Wildman–Crippen MR) is 47.1 cm³/mol. The lowest BCUT2D eigenvalue weighted by molar-refractivity contribution is -0.0171. The molecule has 1 heterocycles. The van der Waals surface area contributed by atoms with Crippen molar-refractivity contribution in [3.05, 3.63) is 0 Å². The summed E-state index contributed by atoms with van der Waals surface area (Å²) < 4.78 is 10.6. The van der Waals surface area contributed by atoms with Crippen LogP contribution in [0.3, 0.4) is 0 Å². The Balaban J connectivity index is 2.13. The third kappa shape index (κ3) is 2.71. The molecule has 3 atom stereocenters. The fraction of sp³-hybridized carbons (Fsp3) is 1.00. The molecule has 0 aliphatic carbocycles. The van der Waals surface area contributed by atoms with Gasteiger partial charge in [-0.3, -0.25) is 0 Å². The molecular weight excluding hydrogens is 156 g/mol. The minimum absolute atomic E-state index is 0.133. The van der Waals surface area contributed by atoms with E-state index >= 15 is 0 Å². The molecule has 0 aromatic heterocycles. The molecule has 0 aromatic carbocycles. The second-order valence-electron chi connectivity index (χ2n) is 3.24. The van der Waals surface area contributed by atoms with Crippen LogP contribution < -0.4 is 11.1 Å². The summed E-state index contributed by atoms with van der Waals surface area (Å²) in [5, 5.41) is 3.17. The summed E-state index contributed by atoms with van der Waals surface area (Å²) in [5.74, 6) is 0. The van der Waals surface area contributed by atoms with Crippen molar-refractivity contribution < 1.29 is 9.47 Å². The first kappa shape index (κ1) is 9.92. The van der Waals surface area contributed by atoms with Gasteiger partial charge in [0.1, 0.15) is 0 Å². The number of hydrogen-bond donors (Lipinski definition) is 2. The van der Waals surface area contributed by atoms with Crippen LogP contribution >= 0.6 is 0 Å². The van der Waals surface area contributed by atoms with Gasteiger partial charge in [0.15, 0.2) is 0 Å². The molecule has 4 heteroatoms. The van der Waals surface area contributed by atoms with Crippen LogP contribution in [0.4, 0.5) is 0 Å². The van der Waals surface area contributed by atoms with E-state index in [2.05, 4.69) is 5.32 Å². The van der Waals surface area contributed by atoms with Gasteiger partial charge in [0.2, 0.25) is 0 Å². The molecule has 0 bridgehead atoms. The van der Waals surface area contributed by atoms with Crippen molar-refractivity contribution in [2.45, 2.75) is 25.2 Å². The van der Waals surface area contributed by atoms with E-state index in [0.29, 0.717) is 6.61 Å². The summed E-state index contributed by atoms with van der Waals surface area (Å²) in [5.41, 5.74) is 5.78. The Morgan fingerprint density at radius 1 is 1.58 bits per heavy atom. The summed E-state index contributed by atoms with van der Waals surface area (Å²) in [6.45, 7) is 4.31. The van der Waals surface area contributed by atoms with Gasteiger partial charge in [-0.15, -0.1) is 0 Å². The molecule has 3 N–H and O–H groups in total. The van der Waals surface area contributed by atoms with E-state index in [9.17, 15) is 0 Å². The van der Waals surface area contributed by atoms with E-state index in [1.54, 1.807) is 7.11 Å². The van der Waals surface area contributed by atoms with Crippen molar-refractivity contribution in [2.75, 3.05) is 26.8 Å². The number of ether oxygens (including phenoxy) is 2. The molecular formula is C8H18N2O2. The molecule has 1 saturated heterocycles. The first-order chi connectivity index (χ1) is 5.74. The predicted octanol–water partition coefficient (Wildman–Crippen LogP) is -0.663. The van der Waals surface area contributed by atoms with Gasteiger partial charge >= 0.3 is 0 Å². The van der Waals surface area contributed by atoms with Gasteiger partial charge in [0.05, 0.1) is 18.8 Å². The molecule has 4 nitrogen and oxygen atoms in total. The highest BCUT2D eigenvalue weighted by atomic mass is 16.5. The number of nitrogens with two attached hydrogens (primary N) is 1. The minimum atomic E-state index is 0.133. The molecule has 12 heavy (non-hydrogen) atoms. The van der Waals surface area contributed by atoms with E-state index in [0.717, 1.165) is 13.1 Å². The maximum Gasteiger partial charge on any atom is 0.0863 e. The topological polar surface area (TPSA) is 56.5 Å². The molecule has 0 aromatic rings. The molecule has 72 valence electrons. The van der Waals surface area contributed by atoms with Crippen LogP contribution in [0.15, 0.2) is 0 Å². The van der Waals surface area contributed by atoms with Gasteiger partial charge < -0.3 is 20.5 Å². The number of rotatable bonds is 4. The zero-order chi connectivity index (χ0) is 8.97. The van der Waals surface area contributed by atoms with Gasteiger partial charge in [0.25, 0.3) is 0 Å². The molecule has 0 radical (unpaired) electrons. The normalized spacial score (nSPS) is 32.2. The first-order valence-corrected chi connectivity index (χ1v) is 4.34. The summed E-state index contributed by atoms with van der Waals surface area (Å²) in [6, 6.07) is 0.133. The fourth-order valence-electron chi connectivity index (χ4n) is 1.18. The lowest BCUT2D eigenvalue weighted by atomic mass is 10.2. The maximum atomic E-state index is 5.78. The van der Waals surface area contributed by atoms with E-state index in [-0.39, 0.29) is 18.2 Å². The van der Waals surface area contributed by atoms with Crippen LogP contribution in [-0.2, 0) is 9.47 Å². The smallest absolute Gasteiger partial charge is 0.0863 e. The fourth-order valence-corrected chi connectivity index (χ4v) is 1.18. The van der Waals surface area contributed by atoms with E-state index < -0.39 is 0 Å². The Labute approximate surface area is 73.4 Å². The van der Waals surface area contributed by atoms with Crippen molar-refractivity contribution in [1.29, 1.82) is 0 Å². The van der Waals surface area contributed by atoms with Gasteiger partial charge in [-0.25, -0.2) is 0 Å². The van der Waals surface area contributed by atoms with Crippen molar-refractivity contribution in [1.82, 2.24) is 5.32 Å². The Kier molecular flexibility index (Phi) is 3.94. The second kappa shape index (κ2) is 4.77. The lowest BCUT2D eigenvalue weighted by Gasteiger charge is -2.17. The molecule has 3 unspecified atom stereocenters. The molecule has 1 aliphatic rings. The van der Waals surface area contributed by atoms with Crippen LogP contribution in [0.1, 0.15) is 6.92 Å². The first-order valence-electron chi connectivity index (χ1n) is 4.34. The zero-order valence-electron chi connectivity index (χ0n) is 7.75. The highest BCUT2D eigenvalue weighted by Gasteiger charge is 2.24.